The highest BCUT2D eigenvalue weighted by Crippen LogP contribution is 2.11. The van der Waals surface area contributed by atoms with E-state index in [1.54, 1.807) is 30.1 Å². The van der Waals surface area contributed by atoms with Crippen LogP contribution in [-0.4, -0.2) is 33.5 Å². The van der Waals surface area contributed by atoms with Gasteiger partial charge < -0.3 is 9.12 Å². The molecule has 16 heavy (non-hydrogen) atoms. The second kappa shape index (κ2) is 4.45. The summed E-state index contributed by atoms with van der Waals surface area (Å²) in [5.41, 5.74) is 0. The maximum absolute atomic E-state index is 10.7. The molecule has 0 spiro atoms. The smallest absolute Gasteiger partial charge is 0.201 e. The van der Waals surface area contributed by atoms with Crippen LogP contribution in [0.15, 0.2) is 18.5 Å². The molecule has 0 aliphatic heterocycles. The SMILES string of the molecule is Cn1c(CS(=O)O)nnc1-c1ncccn1. The third-order valence-corrected chi connectivity index (χ3v) is 2.49. The zero-order valence-corrected chi connectivity index (χ0v) is 9.26. The Kier molecular flexibility index (Phi) is 3.02. The van der Waals surface area contributed by atoms with E-state index in [-0.39, 0.29) is 5.75 Å². The summed E-state index contributed by atoms with van der Waals surface area (Å²) in [5.74, 6) is 1.27. The summed E-state index contributed by atoms with van der Waals surface area (Å²) in [4.78, 5) is 8.06. The molecular weight excluding hydrogens is 230 g/mol. The number of nitrogens with zero attached hydrogens (tertiary/aromatic N) is 5. The molecule has 0 aliphatic rings. The largest absolute Gasteiger partial charge is 0.311 e. The van der Waals surface area contributed by atoms with Gasteiger partial charge in [0.15, 0.2) is 16.9 Å². The molecule has 2 aromatic heterocycles. The number of rotatable bonds is 3. The van der Waals surface area contributed by atoms with E-state index < -0.39 is 11.1 Å². The molecule has 1 unspecified atom stereocenters. The molecule has 0 saturated heterocycles. The van der Waals surface area contributed by atoms with E-state index >= 15 is 0 Å². The molecule has 0 radical (unpaired) electrons. The van der Waals surface area contributed by atoms with Crippen molar-refractivity contribution in [3.05, 3.63) is 24.3 Å². The Balaban J connectivity index is 2.37. The molecule has 0 aromatic carbocycles. The van der Waals surface area contributed by atoms with E-state index in [1.165, 1.54) is 0 Å². The quantitative estimate of drug-likeness (QED) is 0.757. The average molecular weight is 239 g/mol. The van der Waals surface area contributed by atoms with Gasteiger partial charge in [0.1, 0.15) is 11.6 Å². The van der Waals surface area contributed by atoms with Crippen LogP contribution in [0.1, 0.15) is 5.82 Å². The van der Waals surface area contributed by atoms with Crippen molar-refractivity contribution in [1.29, 1.82) is 0 Å². The normalized spacial score (nSPS) is 12.6. The highest BCUT2D eigenvalue weighted by atomic mass is 32.2. The van der Waals surface area contributed by atoms with Crippen molar-refractivity contribution in [1.82, 2.24) is 24.7 Å². The minimum absolute atomic E-state index is 0.0592. The minimum Gasteiger partial charge on any atom is -0.311 e. The van der Waals surface area contributed by atoms with Crippen LogP contribution in [-0.2, 0) is 23.9 Å². The Bertz CT molecular complexity index is 512. The lowest BCUT2D eigenvalue weighted by atomic mass is 10.5. The highest BCUT2D eigenvalue weighted by molar-refractivity contribution is 7.78. The fourth-order valence-electron chi connectivity index (χ4n) is 1.21. The zero-order valence-electron chi connectivity index (χ0n) is 8.44. The molecule has 2 rings (SSSR count). The first-order valence-electron chi connectivity index (χ1n) is 4.41. The lowest BCUT2D eigenvalue weighted by Gasteiger charge is -2.00. The van der Waals surface area contributed by atoms with Crippen molar-refractivity contribution >= 4 is 11.1 Å². The van der Waals surface area contributed by atoms with Crippen molar-refractivity contribution in [2.75, 3.05) is 0 Å². The third-order valence-electron chi connectivity index (χ3n) is 1.98. The Morgan fingerprint density at radius 3 is 2.69 bits per heavy atom. The van der Waals surface area contributed by atoms with Gasteiger partial charge in [-0.05, 0) is 6.07 Å². The van der Waals surface area contributed by atoms with Gasteiger partial charge >= 0.3 is 0 Å². The second-order valence-electron chi connectivity index (χ2n) is 3.04. The highest BCUT2D eigenvalue weighted by Gasteiger charge is 2.13. The molecule has 8 heteroatoms. The van der Waals surface area contributed by atoms with Crippen LogP contribution in [0.2, 0.25) is 0 Å². The fraction of sp³-hybridized carbons (Fsp3) is 0.250. The molecule has 1 atom stereocenters. The predicted octanol–water partition coefficient (Wildman–Crippen LogP) is -0.00620. The van der Waals surface area contributed by atoms with Crippen LogP contribution < -0.4 is 0 Å². The van der Waals surface area contributed by atoms with Crippen molar-refractivity contribution in [2.24, 2.45) is 7.05 Å². The van der Waals surface area contributed by atoms with Crippen LogP contribution >= 0.6 is 0 Å². The number of hydrogen-bond donors (Lipinski definition) is 1. The number of aromatic nitrogens is 5. The Morgan fingerprint density at radius 1 is 1.38 bits per heavy atom. The molecule has 0 bridgehead atoms. The molecule has 0 saturated carbocycles. The van der Waals surface area contributed by atoms with Crippen molar-refractivity contribution in [3.8, 4) is 11.6 Å². The van der Waals surface area contributed by atoms with Gasteiger partial charge in [0, 0.05) is 19.4 Å². The second-order valence-corrected chi connectivity index (χ2v) is 3.97. The molecule has 1 N–H and O–H groups in total. The molecule has 0 amide bonds. The van der Waals surface area contributed by atoms with E-state index in [0.29, 0.717) is 17.5 Å². The number of hydrogen-bond acceptors (Lipinski definition) is 5. The van der Waals surface area contributed by atoms with Gasteiger partial charge in [0.25, 0.3) is 0 Å². The van der Waals surface area contributed by atoms with Gasteiger partial charge in [-0.15, -0.1) is 10.2 Å². The van der Waals surface area contributed by atoms with Crippen LogP contribution in [0.5, 0.6) is 0 Å². The molecular formula is C8H9N5O2S. The lowest BCUT2D eigenvalue weighted by molar-refractivity contribution is 0.560. The molecule has 0 aliphatic carbocycles. The molecule has 7 nitrogen and oxygen atoms in total. The predicted molar refractivity (Wildman–Crippen MR) is 56.5 cm³/mol. The van der Waals surface area contributed by atoms with E-state index in [0.717, 1.165) is 0 Å². The topological polar surface area (TPSA) is 93.8 Å². The first-order chi connectivity index (χ1) is 7.68. The maximum atomic E-state index is 10.7. The van der Waals surface area contributed by atoms with Gasteiger partial charge in [-0.25, -0.2) is 14.2 Å². The van der Waals surface area contributed by atoms with E-state index in [9.17, 15) is 4.21 Å². The first-order valence-corrected chi connectivity index (χ1v) is 5.69. The maximum Gasteiger partial charge on any atom is 0.201 e. The van der Waals surface area contributed by atoms with Crippen molar-refractivity contribution < 1.29 is 8.76 Å². The fourth-order valence-corrected chi connectivity index (χ4v) is 1.68. The van der Waals surface area contributed by atoms with E-state index in [4.69, 9.17) is 4.55 Å². The summed E-state index contributed by atoms with van der Waals surface area (Å²) in [6.07, 6.45) is 3.20. The summed E-state index contributed by atoms with van der Waals surface area (Å²) < 4.78 is 21.0. The van der Waals surface area contributed by atoms with Crippen LogP contribution in [0, 0.1) is 0 Å². The van der Waals surface area contributed by atoms with Crippen LogP contribution in [0.25, 0.3) is 11.6 Å². The summed E-state index contributed by atoms with van der Waals surface area (Å²) in [6.45, 7) is 0. The molecule has 2 aromatic rings. The van der Waals surface area contributed by atoms with Gasteiger partial charge in [-0.1, -0.05) is 0 Å². The molecule has 2 heterocycles. The van der Waals surface area contributed by atoms with Gasteiger partial charge in [-0.3, -0.25) is 0 Å². The standard InChI is InChI=1S/C8H9N5O2S/c1-13-6(5-16(14)15)11-12-8(13)7-9-3-2-4-10-7/h2-4H,5H2,1H3,(H,14,15). The summed E-state index contributed by atoms with van der Waals surface area (Å²) in [6, 6.07) is 1.70. The Morgan fingerprint density at radius 2 is 2.06 bits per heavy atom. The molecule has 0 fully saturated rings. The van der Waals surface area contributed by atoms with Crippen molar-refractivity contribution in [2.45, 2.75) is 5.75 Å². The van der Waals surface area contributed by atoms with Crippen LogP contribution in [0.4, 0.5) is 0 Å². The summed E-state index contributed by atoms with van der Waals surface area (Å²) >= 11 is -1.93. The Hall–Kier alpha value is -1.67. The van der Waals surface area contributed by atoms with Gasteiger partial charge in [-0.2, -0.15) is 0 Å². The first kappa shape index (κ1) is 10.8. The summed E-state index contributed by atoms with van der Waals surface area (Å²) in [7, 11) is 1.70. The summed E-state index contributed by atoms with van der Waals surface area (Å²) in [5, 5.41) is 7.69. The van der Waals surface area contributed by atoms with E-state index in [1.807, 2.05) is 0 Å². The zero-order chi connectivity index (χ0) is 11.5. The van der Waals surface area contributed by atoms with E-state index in [2.05, 4.69) is 20.2 Å². The molecule has 84 valence electrons. The monoisotopic (exact) mass is 239 g/mol. The minimum atomic E-state index is -1.93. The van der Waals surface area contributed by atoms with Gasteiger partial charge in [0.05, 0.1) is 0 Å². The average Bonchev–Trinajstić information content (AvgIpc) is 2.61. The Labute approximate surface area is 93.9 Å². The van der Waals surface area contributed by atoms with Crippen LogP contribution in [0.3, 0.4) is 0 Å². The lowest BCUT2D eigenvalue weighted by Crippen LogP contribution is -2.04. The van der Waals surface area contributed by atoms with Crippen molar-refractivity contribution in [3.63, 3.8) is 0 Å². The van der Waals surface area contributed by atoms with Gasteiger partial charge in [0.2, 0.25) is 5.82 Å². The third kappa shape index (κ3) is 2.12.